The Balaban J connectivity index is 1.70. The van der Waals surface area contributed by atoms with Crippen LogP contribution in [0, 0.1) is 0 Å². The predicted molar refractivity (Wildman–Crippen MR) is 151 cm³/mol. The van der Waals surface area contributed by atoms with Gasteiger partial charge in [-0.05, 0) is 63.8 Å². The minimum Gasteiger partial charge on any atom is -0.460 e. The van der Waals surface area contributed by atoms with Crippen LogP contribution in [0.4, 0.5) is 0 Å². The lowest BCUT2D eigenvalue weighted by Crippen LogP contribution is -2.51. The molecule has 0 spiro atoms. The molecule has 0 N–H and O–H groups in total. The molecule has 3 atom stereocenters. The molecule has 3 aromatic rings. The first-order valence-corrected chi connectivity index (χ1v) is 13.6. The van der Waals surface area contributed by atoms with Gasteiger partial charge in [0.1, 0.15) is 5.60 Å². The van der Waals surface area contributed by atoms with Crippen LogP contribution in [0.25, 0.3) is 0 Å². The lowest BCUT2D eigenvalue weighted by Gasteiger charge is -2.42. The van der Waals surface area contributed by atoms with Crippen molar-refractivity contribution in [3.63, 3.8) is 0 Å². The smallest absolute Gasteiger partial charge is 0.307 e. The highest BCUT2D eigenvalue weighted by molar-refractivity contribution is 5.70. The van der Waals surface area contributed by atoms with Crippen LogP contribution in [0.5, 0.6) is 0 Å². The molecule has 4 nitrogen and oxygen atoms in total. The summed E-state index contributed by atoms with van der Waals surface area (Å²) in [6.07, 6.45) is 2.59. The fraction of sp³-hybridized carbons (Fsp3) is 0.424. The SMILES string of the molecule is C[C@@H](c1ccccc1)N(Cc1ccccc1)[C@H](CC(=O)OC(C)(C)C)[C@@H]1CCCN1Cc1ccccc1. The fourth-order valence-electron chi connectivity index (χ4n) is 5.59. The molecule has 0 amide bonds. The van der Waals surface area contributed by atoms with E-state index in [-0.39, 0.29) is 24.1 Å². The minimum absolute atomic E-state index is 0.0245. The third kappa shape index (κ3) is 7.77. The first-order chi connectivity index (χ1) is 17.8. The van der Waals surface area contributed by atoms with Crippen molar-refractivity contribution in [1.82, 2.24) is 9.80 Å². The van der Waals surface area contributed by atoms with Gasteiger partial charge in [-0.1, -0.05) is 91.0 Å². The third-order valence-electron chi connectivity index (χ3n) is 7.30. The summed E-state index contributed by atoms with van der Waals surface area (Å²) < 4.78 is 5.88. The molecule has 1 fully saturated rings. The van der Waals surface area contributed by atoms with Gasteiger partial charge in [-0.3, -0.25) is 14.6 Å². The predicted octanol–water partition coefficient (Wildman–Crippen LogP) is 7.01. The van der Waals surface area contributed by atoms with Crippen molar-refractivity contribution in [1.29, 1.82) is 0 Å². The van der Waals surface area contributed by atoms with Crippen molar-refractivity contribution in [2.24, 2.45) is 0 Å². The molecule has 1 aliphatic heterocycles. The topological polar surface area (TPSA) is 32.8 Å². The average Bonchev–Trinajstić information content (AvgIpc) is 3.34. The second kappa shape index (κ2) is 12.5. The Labute approximate surface area is 223 Å². The number of carbonyl (C=O) groups is 1. The van der Waals surface area contributed by atoms with Gasteiger partial charge >= 0.3 is 5.97 Å². The van der Waals surface area contributed by atoms with E-state index < -0.39 is 5.60 Å². The van der Waals surface area contributed by atoms with E-state index in [0.29, 0.717) is 6.42 Å². The van der Waals surface area contributed by atoms with E-state index in [1.54, 1.807) is 0 Å². The highest BCUT2D eigenvalue weighted by atomic mass is 16.6. The molecule has 4 rings (SSSR count). The van der Waals surface area contributed by atoms with Gasteiger partial charge in [0.05, 0.1) is 6.42 Å². The number of likely N-dealkylation sites (tertiary alicyclic amines) is 1. The molecule has 196 valence electrons. The number of esters is 1. The number of nitrogens with zero attached hydrogens (tertiary/aromatic N) is 2. The normalized spacial score (nSPS) is 18.0. The van der Waals surface area contributed by atoms with Crippen LogP contribution in [0.3, 0.4) is 0 Å². The van der Waals surface area contributed by atoms with Gasteiger partial charge in [0, 0.05) is 31.2 Å². The Morgan fingerprint density at radius 2 is 1.49 bits per heavy atom. The van der Waals surface area contributed by atoms with Crippen molar-refractivity contribution in [2.75, 3.05) is 6.54 Å². The third-order valence-corrected chi connectivity index (χ3v) is 7.30. The van der Waals surface area contributed by atoms with Crippen molar-refractivity contribution >= 4 is 5.97 Å². The number of carbonyl (C=O) groups excluding carboxylic acids is 1. The standard InChI is InChI=1S/C33H42N2O2/c1-26(29-19-12-7-13-20-29)35(25-28-17-10-6-11-18-28)31(23-32(36)37-33(2,3)4)30-21-14-22-34(30)24-27-15-8-5-9-16-27/h5-13,15-20,26,30-31H,14,21-25H2,1-4H3/t26-,30-,31+/m0/s1. The summed E-state index contributed by atoms with van der Waals surface area (Å²) >= 11 is 0. The van der Waals surface area contributed by atoms with Crippen molar-refractivity contribution in [3.05, 3.63) is 108 Å². The number of benzene rings is 3. The molecule has 37 heavy (non-hydrogen) atoms. The van der Waals surface area contributed by atoms with Gasteiger partial charge in [-0.15, -0.1) is 0 Å². The summed E-state index contributed by atoms with van der Waals surface area (Å²) in [6, 6.07) is 32.4. The first-order valence-electron chi connectivity index (χ1n) is 13.6. The van der Waals surface area contributed by atoms with Gasteiger partial charge in [-0.2, -0.15) is 0 Å². The highest BCUT2D eigenvalue weighted by Gasteiger charge is 2.39. The summed E-state index contributed by atoms with van der Waals surface area (Å²) in [5.41, 5.74) is 3.33. The van der Waals surface area contributed by atoms with Crippen LogP contribution >= 0.6 is 0 Å². The summed E-state index contributed by atoms with van der Waals surface area (Å²) in [5.74, 6) is -0.123. The number of hydrogen-bond acceptors (Lipinski definition) is 4. The molecule has 0 aliphatic carbocycles. The monoisotopic (exact) mass is 498 g/mol. The highest BCUT2D eigenvalue weighted by Crippen LogP contribution is 2.34. The van der Waals surface area contributed by atoms with Gasteiger partial charge in [0.15, 0.2) is 0 Å². The number of rotatable bonds is 10. The summed E-state index contributed by atoms with van der Waals surface area (Å²) in [6.45, 7) is 10.8. The Morgan fingerprint density at radius 1 is 0.919 bits per heavy atom. The molecule has 1 aliphatic rings. The van der Waals surface area contributed by atoms with E-state index in [0.717, 1.165) is 32.5 Å². The second-order valence-electron chi connectivity index (χ2n) is 11.3. The molecule has 0 bridgehead atoms. The summed E-state index contributed by atoms with van der Waals surface area (Å²) in [7, 11) is 0. The van der Waals surface area contributed by atoms with Crippen LogP contribution in [-0.4, -0.2) is 40.0 Å². The van der Waals surface area contributed by atoms with Gasteiger partial charge in [0.2, 0.25) is 0 Å². The largest absolute Gasteiger partial charge is 0.460 e. The van der Waals surface area contributed by atoms with Gasteiger partial charge < -0.3 is 4.74 Å². The Hall–Kier alpha value is -2.95. The Morgan fingerprint density at radius 3 is 2.08 bits per heavy atom. The molecule has 0 aromatic heterocycles. The van der Waals surface area contributed by atoms with Crippen molar-refractivity contribution in [3.8, 4) is 0 Å². The maximum Gasteiger partial charge on any atom is 0.307 e. The molecule has 3 aromatic carbocycles. The van der Waals surface area contributed by atoms with Gasteiger partial charge in [-0.25, -0.2) is 0 Å². The van der Waals surface area contributed by atoms with Crippen molar-refractivity contribution < 1.29 is 9.53 Å². The maximum absolute atomic E-state index is 13.3. The maximum atomic E-state index is 13.3. The van der Waals surface area contributed by atoms with E-state index in [9.17, 15) is 4.79 Å². The van der Waals surface area contributed by atoms with E-state index in [1.807, 2.05) is 20.8 Å². The fourth-order valence-corrected chi connectivity index (χ4v) is 5.59. The zero-order valence-electron chi connectivity index (χ0n) is 22.8. The Kier molecular flexibility index (Phi) is 9.18. The van der Waals surface area contributed by atoms with E-state index in [1.165, 1.54) is 16.7 Å². The van der Waals surface area contributed by atoms with Crippen LogP contribution in [0.15, 0.2) is 91.0 Å². The van der Waals surface area contributed by atoms with E-state index in [4.69, 9.17) is 4.74 Å². The average molecular weight is 499 g/mol. The summed E-state index contributed by atoms with van der Waals surface area (Å²) in [5, 5.41) is 0. The number of ether oxygens (including phenoxy) is 1. The molecule has 4 heteroatoms. The lowest BCUT2D eigenvalue weighted by atomic mass is 9.95. The van der Waals surface area contributed by atoms with Gasteiger partial charge in [0.25, 0.3) is 0 Å². The molecular weight excluding hydrogens is 456 g/mol. The Bertz CT molecular complexity index is 1100. The zero-order chi connectivity index (χ0) is 26.3. The second-order valence-corrected chi connectivity index (χ2v) is 11.3. The zero-order valence-corrected chi connectivity index (χ0v) is 22.8. The van der Waals surface area contributed by atoms with Crippen LogP contribution in [0.2, 0.25) is 0 Å². The van der Waals surface area contributed by atoms with Crippen LogP contribution in [0.1, 0.15) is 69.7 Å². The lowest BCUT2D eigenvalue weighted by molar-refractivity contribution is -0.157. The molecule has 0 saturated carbocycles. The molecule has 0 radical (unpaired) electrons. The minimum atomic E-state index is -0.504. The quantitative estimate of drug-likeness (QED) is 0.281. The van der Waals surface area contributed by atoms with E-state index >= 15 is 0 Å². The van der Waals surface area contributed by atoms with E-state index in [2.05, 4.69) is 108 Å². The van der Waals surface area contributed by atoms with Crippen LogP contribution in [-0.2, 0) is 22.6 Å². The number of hydrogen-bond donors (Lipinski definition) is 0. The first kappa shape index (κ1) is 27.1. The van der Waals surface area contributed by atoms with Crippen LogP contribution < -0.4 is 0 Å². The summed E-state index contributed by atoms with van der Waals surface area (Å²) in [4.78, 5) is 18.5. The molecule has 1 heterocycles. The molecular formula is C33H42N2O2. The molecule has 1 saturated heterocycles. The van der Waals surface area contributed by atoms with Crippen molar-refractivity contribution in [2.45, 2.75) is 83.8 Å². The molecule has 0 unspecified atom stereocenters.